The van der Waals surface area contributed by atoms with Gasteiger partial charge >= 0.3 is 5.97 Å². The van der Waals surface area contributed by atoms with Crippen molar-refractivity contribution in [2.24, 2.45) is 10.8 Å². The maximum atomic E-state index is 11.9. The van der Waals surface area contributed by atoms with Crippen molar-refractivity contribution < 1.29 is 29.2 Å². The maximum Gasteiger partial charge on any atom is 0.330 e. The number of hydrogen-bond donors (Lipinski definition) is 2. The first-order valence-electron chi connectivity index (χ1n) is 8.95. The fourth-order valence-corrected chi connectivity index (χ4v) is 5.41. The summed E-state index contributed by atoms with van der Waals surface area (Å²) < 4.78 is 17.6. The van der Waals surface area contributed by atoms with Crippen LogP contribution in [0.25, 0.3) is 0 Å². The van der Waals surface area contributed by atoms with E-state index in [0.29, 0.717) is 13.0 Å². The Balaban J connectivity index is 1.78. The van der Waals surface area contributed by atoms with Crippen molar-refractivity contribution in [2.45, 2.75) is 63.6 Å². The number of esters is 1. The largest absolute Gasteiger partial charge is 0.462 e. The lowest BCUT2D eigenvalue weighted by molar-refractivity contribution is -0.230. The molecule has 2 saturated heterocycles. The van der Waals surface area contributed by atoms with Crippen LogP contribution in [0.15, 0.2) is 23.8 Å². The molecule has 3 fully saturated rings. The average Bonchev–Trinajstić information content (AvgIpc) is 3.36. The predicted octanol–water partition coefficient (Wildman–Crippen LogP) is 1.11. The van der Waals surface area contributed by atoms with E-state index in [1.165, 1.54) is 11.6 Å². The lowest BCUT2D eigenvalue weighted by Crippen LogP contribution is -2.66. The van der Waals surface area contributed by atoms with Gasteiger partial charge in [0.15, 0.2) is 0 Å². The van der Waals surface area contributed by atoms with Gasteiger partial charge in [0.25, 0.3) is 0 Å². The summed E-state index contributed by atoms with van der Waals surface area (Å²) in [5.74, 6) is -0.411. The van der Waals surface area contributed by atoms with Crippen LogP contribution in [0.3, 0.4) is 0 Å². The van der Waals surface area contributed by atoms with Gasteiger partial charge in [-0.05, 0) is 26.7 Å². The highest BCUT2D eigenvalue weighted by atomic mass is 16.6. The fourth-order valence-electron chi connectivity index (χ4n) is 5.41. The normalized spacial score (nSPS) is 50.7. The van der Waals surface area contributed by atoms with Crippen molar-refractivity contribution in [3.05, 3.63) is 23.8 Å². The molecule has 7 atom stereocenters. The Labute approximate surface area is 147 Å². The number of aliphatic hydroxyl groups is 2. The SMILES string of the molecule is C/C=C/C(=O)OC[C@]12CCC(C)=C[C@H]1OC1[C@H](O)[C@@H](O)[C@@]2(C)C12CO2. The second-order valence-corrected chi connectivity index (χ2v) is 8.07. The molecule has 0 amide bonds. The van der Waals surface area contributed by atoms with Crippen LogP contribution in [0, 0.1) is 10.8 Å². The smallest absolute Gasteiger partial charge is 0.330 e. The summed E-state index contributed by atoms with van der Waals surface area (Å²) in [6.07, 6.45) is 3.74. The molecule has 0 aromatic rings. The van der Waals surface area contributed by atoms with E-state index in [2.05, 4.69) is 6.08 Å². The van der Waals surface area contributed by atoms with Crippen molar-refractivity contribution >= 4 is 5.97 Å². The van der Waals surface area contributed by atoms with E-state index in [4.69, 9.17) is 14.2 Å². The Morgan fingerprint density at radius 3 is 2.84 bits per heavy atom. The van der Waals surface area contributed by atoms with Gasteiger partial charge in [-0.3, -0.25) is 0 Å². The number of hydrogen-bond acceptors (Lipinski definition) is 6. The molecule has 6 nitrogen and oxygen atoms in total. The number of carbonyl (C=O) groups excluding carboxylic acids is 1. The van der Waals surface area contributed by atoms with Gasteiger partial charge in [-0.2, -0.15) is 0 Å². The number of ether oxygens (including phenoxy) is 3. The van der Waals surface area contributed by atoms with Gasteiger partial charge < -0.3 is 24.4 Å². The number of fused-ring (bicyclic) bond motifs is 2. The fraction of sp³-hybridized carbons (Fsp3) is 0.737. The van der Waals surface area contributed by atoms with E-state index in [0.717, 1.165) is 6.42 Å². The van der Waals surface area contributed by atoms with Crippen molar-refractivity contribution in [1.82, 2.24) is 0 Å². The molecule has 2 aliphatic heterocycles. The van der Waals surface area contributed by atoms with E-state index < -0.39 is 40.7 Å². The van der Waals surface area contributed by atoms with E-state index in [1.54, 1.807) is 13.0 Å². The summed E-state index contributed by atoms with van der Waals surface area (Å²) >= 11 is 0. The minimum atomic E-state index is -1.00. The molecule has 2 bridgehead atoms. The number of carbonyl (C=O) groups is 1. The highest BCUT2D eigenvalue weighted by Crippen LogP contribution is 2.71. The Bertz CT molecular complexity index is 650. The molecule has 6 heteroatoms. The molecule has 2 heterocycles. The molecule has 4 aliphatic rings. The Hall–Kier alpha value is -1.21. The zero-order chi connectivity index (χ0) is 18.0. The van der Waals surface area contributed by atoms with Gasteiger partial charge in [-0.25, -0.2) is 4.79 Å². The zero-order valence-electron chi connectivity index (χ0n) is 14.9. The van der Waals surface area contributed by atoms with Crippen molar-refractivity contribution in [2.75, 3.05) is 13.2 Å². The maximum absolute atomic E-state index is 11.9. The van der Waals surface area contributed by atoms with Crippen LogP contribution in [-0.4, -0.2) is 59.4 Å². The first-order chi connectivity index (χ1) is 11.8. The topological polar surface area (TPSA) is 88.5 Å². The predicted molar refractivity (Wildman–Crippen MR) is 88.7 cm³/mol. The number of rotatable bonds is 3. The van der Waals surface area contributed by atoms with Gasteiger partial charge in [0.2, 0.25) is 0 Å². The van der Waals surface area contributed by atoms with Crippen LogP contribution in [0.2, 0.25) is 0 Å². The molecule has 4 rings (SSSR count). The van der Waals surface area contributed by atoms with E-state index in [1.807, 2.05) is 13.8 Å². The van der Waals surface area contributed by atoms with E-state index in [-0.39, 0.29) is 12.7 Å². The summed E-state index contributed by atoms with van der Waals surface area (Å²) in [5.41, 5.74) is -0.872. The van der Waals surface area contributed by atoms with Crippen LogP contribution in [-0.2, 0) is 19.0 Å². The third-order valence-electron chi connectivity index (χ3n) is 7.07. The van der Waals surface area contributed by atoms with Crippen molar-refractivity contribution in [3.8, 4) is 0 Å². The second-order valence-electron chi connectivity index (χ2n) is 8.07. The van der Waals surface area contributed by atoms with Gasteiger partial charge in [0, 0.05) is 16.9 Å². The first kappa shape index (κ1) is 17.2. The standard InChI is InChI=1S/C19H26O6/c1-4-5-13(20)23-9-18-7-6-11(2)8-12(18)25-16-14(21)15(22)17(18,3)19(16)10-24-19/h4-5,8,12,14-16,21-22H,6-7,9-10H2,1-3H3/b5-4+/t12-,14-,15-,16?,17-,18-,19?/m1/s1. The van der Waals surface area contributed by atoms with Crippen LogP contribution < -0.4 is 0 Å². The number of aliphatic hydroxyl groups excluding tert-OH is 2. The van der Waals surface area contributed by atoms with E-state index in [9.17, 15) is 15.0 Å². The zero-order valence-corrected chi connectivity index (χ0v) is 14.9. The number of allylic oxidation sites excluding steroid dienone is 2. The van der Waals surface area contributed by atoms with Crippen molar-refractivity contribution in [1.29, 1.82) is 0 Å². The number of epoxide rings is 1. The molecular weight excluding hydrogens is 324 g/mol. The van der Waals surface area contributed by atoms with Gasteiger partial charge in [0.05, 0.1) is 18.8 Å². The minimum Gasteiger partial charge on any atom is -0.462 e. The summed E-state index contributed by atoms with van der Waals surface area (Å²) in [5, 5.41) is 21.6. The highest BCUT2D eigenvalue weighted by molar-refractivity contribution is 5.81. The minimum absolute atomic E-state index is 0.128. The summed E-state index contributed by atoms with van der Waals surface area (Å²) in [4.78, 5) is 11.9. The van der Waals surface area contributed by atoms with Gasteiger partial charge in [-0.1, -0.05) is 24.6 Å². The van der Waals surface area contributed by atoms with E-state index >= 15 is 0 Å². The van der Waals surface area contributed by atoms with Crippen LogP contribution >= 0.6 is 0 Å². The molecule has 138 valence electrons. The molecule has 1 spiro atoms. The Kier molecular flexibility index (Phi) is 3.71. The molecule has 0 aromatic carbocycles. The summed E-state index contributed by atoms with van der Waals surface area (Å²) in [7, 11) is 0. The van der Waals surface area contributed by atoms with Crippen LogP contribution in [0.5, 0.6) is 0 Å². The monoisotopic (exact) mass is 350 g/mol. The lowest BCUT2D eigenvalue weighted by atomic mass is 9.51. The molecule has 0 radical (unpaired) electrons. The second kappa shape index (κ2) is 5.39. The average molecular weight is 350 g/mol. The highest BCUT2D eigenvalue weighted by Gasteiger charge is 2.84. The summed E-state index contributed by atoms with van der Waals surface area (Å²) in [6.45, 7) is 6.34. The van der Waals surface area contributed by atoms with Crippen molar-refractivity contribution in [3.63, 3.8) is 0 Å². The lowest BCUT2D eigenvalue weighted by Gasteiger charge is -2.57. The molecule has 2 aliphatic carbocycles. The van der Waals surface area contributed by atoms with Gasteiger partial charge in [0.1, 0.15) is 24.4 Å². The Morgan fingerprint density at radius 2 is 2.20 bits per heavy atom. The molecule has 25 heavy (non-hydrogen) atoms. The third kappa shape index (κ3) is 1.97. The van der Waals surface area contributed by atoms with Crippen LogP contribution in [0.4, 0.5) is 0 Å². The molecular formula is C19H26O6. The summed E-state index contributed by atoms with van der Waals surface area (Å²) in [6, 6.07) is 0. The first-order valence-corrected chi connectivity index (χ1v) is 8.95. The van der Waals surface area contributed by atoms with Gasteiger partial charge in [-0.15, -0.1) is 0 Å². The molecule has 0 aromatic heterocycles. The molecule has 1 saturated carbocycles. The Morgan fingerprint density at radius 1 is 1.48 bits per heavy atom. The molecule has 2 unspecified atom stereocenters. The van der Waals surface area contributed by atoms with Crippen LogP contribution in [0.1, 0.15) is 33.6 Å². The molecule has 2 N–H and O–H groups in total. The quantitative estimate of drug-likeness (QED) is 0.343. The third-order valence-corrected chi connectivity index (χ3v) is 7.07.